The summed E-state index contributed by atoms with van der Waals surface area (Å²) in [6.45, 7) is 1.33. The molecule has 3 aromatic carbocycles. The van der Waals surface area contributed by atoms with Crippen molar-refractivity contribution in [3.05, 3.63) is 87.9 Å². The van der Waals surface area contributed by atoms with Gasteiger partial charge < -0.3 is 24.4 Å². The Morgan fingerprint density at radius 2 is 1.94 bits per heavy atom. The van der Waals surface area contributed by atoms with Crippen molar-refractivity contribution in [3.63, 3.8) is 0 Å². The molecule has 1 atom stereocenters. The first kappa shape index (κ1) is 24.0. The third-order valence-electron chi connectivity index (χ3n) is 6.45. The number of amides is 2. The van der Waals surface area contributed by atoms with Gasteiger partial charge in [-0.3, -0.25) is 9.59 Å². The van der Waals surface area contributed by atoms with Crippen LogP contribution in [-0.4, -0.2) is 50.1 Å². The SMILES string of the molecule is COc1cc2c3cc1OCC(=O)NCCCOc1cccc(c1)C2N(C(=O)c1ccc(Cl)cc1)CC3. The molecule has 186 valence electrons. The van der Waals surface area contributed by atoms with E-state index >= 15 is 0 Å². The molecule has 0 spiro atoms. The zero-order valence-electron chi connectivity index (χ0n) is 20.0. The molecule has 6 rings (SSSR count). The highest BCUT2D eigenvalue weighted by molar-refractivity contribution is 6.30. The maximum atomic E-state index is 13.7. The van der Waals surface area contributed by atoms with E-state index in [1.54, 1.807) is 31.4 Å². The molecule has 6 bridgehead atoms. The second-order valence-electron chi connectivity index (χ2n) is 8.77. The number of halogens is 1. The maximum Gasteiger partial charge on any atom is 0.257 e. The number of nitrogens with one attached hydrogen (secondary N) is 1. The van der Waals surface area contributed by atoms with Crippen LogP contribution in [-0.2, 0) is 11.2 Å². The monoisotopic (exact) mass is 506 g/mol. The van der Waals surface area contributed by atoms with Crippen molar-refractivity contribution in [3.8, 4) is 17.2 Å². The fraction of sp³-hybridized carbons (Fsp3) is 0.286. The van der Waals surface area contributed by atoms with Crippen molar-refractivity contribution in [1.82, 2.24) is 10.2 Å². The summed E-state index contributed by atoms with van der Waals surface area (Å²) < 4.78 is 17.4. The number of hydrogen-bond donors (Lipinski definition) is 1. The molecule has 3 aliphatic heterocycles. The molecule has 8 heteroatoms. The molecule has 3 heterocycles. The minimum Gasteiger partial charge on any atom is -0.494 e. The highest BCUT2D eigenvalue weighted by atomic mass is 35.5. The van der Waals surface area contributed by atoms with E-state index in [0.29, 0.717) is 60.4 Å². The molecule has 3 aliphatic rings. The minimum atomic E-state index is -0.361. The van der Waals surface area contributed by atoms with Gasteiger partial charge in [-0.1, -0.05) is 23.7 Å². The zero-order chi connectivity index (χ0) is 25.1. The lowest BCUT2D eigenvalue weighted by Crippen LogP contribution is -2.40. The molecule has 0 radical (unpaired) electrons. The van der Waals surface area contributed by atoms with E-state index in [2.05, 4.69) is 5.32 Å². The Morgan fingerprint density at radius 1 is 1.11 bits per heavy atom. The van der Waals surface area contributed by atoms with Gasteiger partial charge in [0.05, 0.1) is 19.8 Å². The molecule has 0 aromatic heterocycles. The number of rotatable bonds is 2. The molecule has 7 nitrogen and oxygen atoms in total. The van der Waals surface area contributed by atoms with Gasteiger partial charge in [0, 0.05) is 23.7 Å². The van der Waals surface area contributed by atoms with Crippen LogP contribution in [0.25, 0.3) is 0 Å². The van der Waals surface area contributed by atoms with E-state index in [4.69, 9.17) is 25.8 Å². The number of carbonyl (C=O) groups excluding carboxylic acids is 2. The van der Waals surface area contributed by atoms with Crippen LogP contribution < -0.4 is 19.5 Å². The lowest BCUT2D eigenvalue weighted by atomic mass is 9.87. The molecular weight excluding hydrogens is 480 g/mol. The second-order valence-corrected chi connectivity index (χ2v) is 9.21. The van der Waals surface area contributed by atoms with Crippen LogP contribution >= 0.6 is 11.6 Å². The molecule has 1 N–H and O–H groups in total. The number of methoxy groups -OCH3 is 1. The normalized spacial score (nSPS) is 17.6. The van der Waals surface area contributed by atoms with Crippen LogP contribution in [0.4, 0.5) is 0 Å². The summed E-state index contributed by atoms with van der Waals surface area (Å²) in [5.41, 5.74) is 3.49. The Balaban J connectivity index is 1.62. The van der Waals surface area contributed by atoms with E-state index < -0.39 is 0 Å². The quantitative estimate of drug-likeness (QED) is 0.557. The Kier molecular flexibility index (Phi) is 7.00. The van der Waals surface area contributed by atoms with Crippen LogP contribution in [0.5, 0.6) is 17.2 Å². The van der Waals surface area contributed by atoms with Gasteiger partial charge in [-0.25, -0.2) is 0 Å². The Morgan fingerprint density at radius 3 is 2.75 bits per heavy atom. The molecule has 0 saturated heterocycles. The van der Waals surface area contributed by atoms with Gasteiger partial charge in [0.1, 0.15) is 5.75 Å². The van der Waals surface area contributed by atoms with Crippen LogP contribution in [0.2, 0.25) is 5.02 Å². The Labute approximate surface area is 214 Å². The molecule has 0 aliphatic carbocycles. The molecule has 2 amide bonds. The summed E-state index contributed by atoms with van der Waals surface area (Å²) in [6, 6.07) is 18.2. The van der Waals surface area contributed by atoms with Gasteiger partial charge in [-0.2, -0.15) is 0 Å². The first-order valence-electron chi connectivity index (χ1n) is 11.9. The van der Waals surface area contributed by atoms with Gasteiger partial charge >= 0.3 is 0 Å². The van der Waals surface area contributed by atoms with Crippen molar-refractivity contribution >= 4 is 23.4 Å². The number of benzene rings is 3. The lowest BCUT2D eigenvalue weighted by molar-refractivity contribution is -0.123. The first-order valence-corrected chi connectivity index (χ1v) is 12.3. The fourth-order valence-corrected chi connectivity index (χ4v) is 4.82. The Bertz CT molecular complexity index is 1280. The van der Waals surface area contributed by atoms with Crippen molar-refractivity contribution in [2.45, 2.75) is 18.9 Å². The summed E-state index contributed by atoms with van der Waals surface area (Å²) in [4.78, 5) is 27.8. The number of carbonyl (C=O) groups is 2. The van der Waals surface area contributed by atoms with E-state index in [-0.39, 0.29) is 24.5 Å². The van der Waals surface area contributed by atoms with E-state index in [1.165, 1.54) is 0 Å². The molecule has 36 heavy (non-hydrogen) atoms. The summed E-state index contributed by atoms with van der Waals surface area (Å²) in [6.07, 6.45) is 1.29. The molecule has 0 saturated carbocycles. The van der Waals surface area contributed by atoms with Crippen LogP contribution in [0.15, 0.2) is 60.7 Å². The van der Waals surface area contributed by atoms with Gasteiger partial charge in [0.25, 0.3) is 11.8 Å². The summed E-state index contributed by atoms with van der Waals surface area (Å²) in [5, 5.41) is 3.43. The standard InChI is InChI=1S/C28H27ClN2O5/c1-34-24-16-23-19-10-12-31(28(33)18-6-8-21(29)9-7-18)27(23)20-4-2-5-22(14-20)35-13-3-11-30-26(32)17-36-25(24)15-19/h2,4-9,14-16,27H,3,10-13,17H2,1H3,(H,30,32). The third kappa shape index (κ3) is 4.97. The zero-order valence-corrected chi connectivity index (χ0v) is 20.7. The average Bonchev–Trinajstić information content (AvgIpc) is 2.90. The van der Waals surface area contributed by atoms with E-state index in [1.807, 2.05) is 41.3 Å². The predicted octanol–water partition coefficient (Wildman–Crippen LogP) is 4.41. The average molecular weight is 507 g/mol. The fourth-order valence-electron chi connectivity index (χ4n) is 4.69. The topological polar surface area (TPSA) is 77.1 Å². The maximum absolute atomic E-state index is 13.7. The number of hydrogen-bond acceptors (Lipinski definition) is 5. The van der Waals surface area contributed by atoms with Gasteiger partial charge in [-0.15, -0.1) is 0 Å². The summed E-state index contributed by atoms with van der Waals surface area (Å²) in [7, 11) is 1.57. The number of fused-ring (bicyclic) bond motifs is 8. The smallest absolute Gasteiger partial charge is 0.257 e. The van der Waals surface area contributed by atoms with E-state index in [0.717, 1.165) is 16.7 Å². The predicted molar refractivity (Wildman–Crippen MR) is 136 cm³/mol. The third-order valence-corrected chi connectivity index (χ3v) is 6.70. The van der Waals surface area contributed by atoms with Crippen molar-refractivity contribution < 1.29 is 23.8 Å². The van der Waals surface area contributed by atoms with Crippen molar-refractivity contribution in [1.29, 1.82) is 0 Å². The van der Waals surface area contributed by atoms with E-state index in [9.17, 15) is 9.59 Å². The highest BCUT2D eigenvalue weighted by Crippen LogP contribution is 2.42. The highest BCUT2D eigenvalue weighted by Gasteiger charge is 2.34. The van der Waals surface area contributed by atoms with Gasteiger partial charge in [0.15, 0.2) is 18.1 Å². The molecule has 1 unspecified atom stereocenters. The molecule has 3 aromatic rings. The second kappa shape index (κ2) is 10.5. The lowest BCUT2D eigenvalue weighted by Gasteiger charge is -2.38. The first-order chi connectivity index (χ1) is 17.5. The van der Waals surface area contributed by atoms with Crippen molar-refractivity contribution in [2.24, 2.45) is 0 Å². The minimum absolute atomic E-state index is 0.0843. The van der Waals surface area contributed by atoms with Gasteiger partial charge in [0.2, 0.25) is 0 Å². The molecular formula is C28H27ClN2O5. The number of ether oxygens (including phenoxy) is 3. The summed E-state index contributed by atoms with van der Waals surface area (Å²) >= 11 is 6.06. The van der Waals surface area contributed by atoms with Gasteiger partial charge in [-0.05, 0) is 78.1 Å². The Hall–Kier alpha value is -3.71. The molecule has 0 fully saturated rings. The number of nitrogens with zero attached hydrogens (tertiary/aromatic N) is 1. The van der Waals surface area contributed by atoms with Crippen LogP contribution in [0.1, 0.15) is 39.5 Å². The summed E-state index contributed by atoms with van der Waals surface area (Å²) in [5.74, 6) is 1.43. The van der Waals surface area contributed by atoms with Crippen LogP contribution in [0.3, 0.4) is 0 Å². The largest absolute Gasteiger partial charge is 0.494 e. The van der Waals surface area contributed by atoms with Crippen molar-refractivity contribution in [2.75, 3.05) is 33.4 Å². The van der Waals surface area contributed by atoms with Crippen LogP contribution in [0, 0.1) is 0 Å².